The van der Waals surface area contributed by atoms with Gasteiger partial charge in [0.25, 0.3) is 5.56 Å². The van der Waals surface area contributed by atoms with Gasteiger partial charge >= 0.3 is 0 Å². The number of nitrogens with one attached hydrogen (secondary N) is 2. The van der Waals surface area contributed by atoms with Gasteiger partial charge in [0.15, 0.2) is 5.11 Å². The van der Waals surface area contributed by atoms with E-state index in [4.69, 9.17) is 26.4 Å². The van der Waals surface area contributed by atoms with Crippen LogP contribution >= 0.6 is 12.2 Å². The first-order valence-corrected chi connectivity index (χ1v) is 12.8. The monoisotopic (exact) mass is 488 g/mol. The van der Waals surface area contributed by atoms with Crippen molar-refractivity contribution in [1.82, 2.24) is 20.1 Å². The Bertz CT molecular complexity index is 1000. The second kappa shape index (κ2) is 12.5. The number of morpholine rings is 1. The van der Waals surface area contributed by atoms with E-state index in [2.05, 4.69) is 20.1 Å². The minimum atomic E-state index is -0.0934. The third-order valence-corrected chi connectivity index (χ3v) is 6.73. The number of H-pyrrole nitrogens is 1. The Labute approximate surface area is 206 Å². The Kier molecular flexibility index (Phi) is 9.15. The van der Waals surface area contributed by atoms with Crippen LogP contribution in [-0.2, 0) is 16.0 Å². The van der Waals surface area contributed by atoms with Crippen molar-refractivity contribution >= 4 is 28.2 Å². The van der Waals surface area contributed by atoms with Gasteiger partial charge in [0.1, 0.15) is 5.75 Å². The van der Waals surface area contributed by atoms with E-state index in [-0.39, 0.29) is 11.7 Å². The van der Waals surface area contributed by atoms with Gasteiger partial charge in [0, 0.05) is 49.3 Å². The number of rotatable bonds is 10. The van der Waals surface area contributed by atoms with Crippen LogP contribution in [0, 0.1) is 0 Å². The third-order valence-electron chi connectivity index (χ3n) is 6.33. The maximum absolute atomic E-state index is 12.9. The molecule has 34 heavy (non-hydrogen) atoms. The van der Waals surface area contributed by atoms with Crippen LogP contribution in [0.2, 0.25) is 0 Å². The van der Waals surface area contributed by atoms with E-state index < -0.39 is 0 Å². The average Bonchev–Trinajstić information content (AvgIpc) is 3.36. The summed E-state index contributed by atoms with van der Waals surface area (Å²) in [6.07, 6.45) is 3.22. The largest absolute Gasteiger partial charge is 0.494 e. The number of aromatic nitrogens is 1. The summed E-state index contributed by atoms with van der Waals surface area (Å²) in [5, 5.41) is 5.02. The van der Waals surface area contributed by atoms with Crippen molar-refractivity contribution in [3.05, 3.63) is 40.2 Å². The average molecular weight is 489 g/mol. The molecule has 8 nitrogen and oxygen atoms in total. The molecular formula is C25H36N4O4S. The molecule has 0 saturated carbocycles. The van der Waals surface area contributed by atoms with Crippen LogP contribution in [0.4, 0.5) is 0 Å². The lowest BCUT2D eigenvalue weighted by Gasteiger charge is -2.29. The summed E-state index contributed by atoms with van der Waals surface area (Å²) in [5.41, 5.74) is 1.38. The van der Waals surface area contributed by atoms with E-state index in [1.165, 1.54) is 0 Å². The first-order chi connectivity index (χ1) is 16.6. The van der Waals surface area contributed by atoms with Crippen molar-refractivity contribution in [3.8, 4) is 5.75 Å². The Morgan fingerprint density at radius 1 is 1.29 bits per heavy atom. The van der Waals surface area contributed by atoms with Crippen molar-refractivity contribution in [2.45, 2.75) is 38.8 Å². The van der Waals surface area contributed by atoms with Gasteiger partial charge in [-0.1, -0.05) is 0 Å². The maximum Gasteiger partial charge on any atom is 0.253 e. The quantitative estimate of drug-likeness (QED) is 0.390. The van der Waals surface area contributed by atoms with Gasteiger partial charge in [-0.25, -0.2) is 0 Å². The molecule has 186 valence electrons. The number of fused-ring (bicyclic) bond motifs is 1. The standard InChI is InChI=1S/C25H36N4O4S/c1-2-32-21-6-7-23-19(16-21)15-20(24(30)27-23)17-29(18-22-5-3-12-33-22)25(34)26-8-4-9-28-10-13-31-14-11-28/h6-7,15-16,22H,2-5,8-14,17-18H2,1H3,(H,26,34)(H,27,30)/t22-/m0/s1. The minimum absolute atomic E-state index is 0.0934. The van der Waals surface area contributed by atoms with Gasteiger partial charge in [-0.15, -0.1) is 0 Å². The van der Waals surface area contributed by atoms with Crippen molar-refractivity contribution in [1.29, 1.82) is 0 Å². The zero-order valence-corrected chi connectivity index (χ0v) is 20.8. The first-order valence-electron chi connectivity index (χ1n) is 12.4. The lowest BCUT2D eigenvalue weighted by molar-refractivity contribution is 0.0375. The molecule has 1 atom stereocenters. The molecule has 4 rings (SSSR count). The van der Waals surface area contributed by atoms with Crippen molar-refractivity contribution < 1.29 is 14.2 Å². The number of hydrogen-bond acceptors (Lipinski definition) is 6. The Hall–Kier alpha value is -2.20. The molecule has 3 heterocycles. The van der Waals surface area contributed by atoms with Crippen LogP contribution in [0.25, 0.3) is 10.9 Å². The van der Waals surface area contributed by atoms with Crippen LogP contribution in [0.15, 0.2) is 29.1 Å². The molecule has 0 bridgehead atoms. The van der Waals surface area contributed by atoms with Crippen LogP contribution < -0.4 is 15.6 Å². The summed E-state index contributed by atoms with van der Waals surface area (Å²) in [4.78, 5) is 20.3. The fraction of sp³-hybridized carbons (Fsp3) is 0.600. The molecule has 9 heteroatoms. The van der Waals surface area contributed by atoms with Crippen LogP contribution in [0.5, 0.6) is 5.75 Å². The number of hydrogen-bond donors (Lipinski definition) is 2. The zero-order valence-electron chi connectivity index (χ0n) is 20.0. The molecule has 2 aliphatic heterocycles. The van der Waals surface area contributed by atoms with E-state index in [1.54, 1.807) is 0 Å². The third kappa shape index (κ3) is 6.91. The first kappa shape index (κ1) is 24.9. The van der Waals surface area contributed by atoms with Crippen molar-refractivity contribution in [2.24, 2.45) is 0 Å². The number of pyridine rings is 1. The molecular weight excluding hydrogens is 452 g/mol. The maximum atomic E-state index is 12.9. The fourth-order valence-electron chi connectivity index (χ4n) is 4.50. The molecule has 0 amide bonds. The fourth-order valence-corrected chi connectivity index (χ4v) is 4.74. The van der Waals surface area contributed by atoms with Crippen molar-refractivity contribution in [3.63, 3.8) is 0 Å². The number of ether oxygens (including phenoxy) is 3. The highest BCUT2D eigenvalue weighted by Gasteiger charge is 2.22. The smallest absolute Gasteiger partial charge is 0.253 e. The van der Waals surface area contributed by atoms with Gasteiger partial charge in [0.2, 0.25) is 0 Å². The van der Waals surface area contributed by atoms with Gasteiger partial charge in [0.05, 0.1) is 32.5 Å². The Morgan fingerprint density at radius 3 is 2.91 bits per heavy atom. The summed E-state index contributed by atoms with van der Waals surface area (Å²) in [7, 11) is 0. The number of benzene rings is 1. The summed E-state index contributed by atoms with van der Waals surface area (Å²) >= 11 is 5.77. The molecule has 1 aromatic carbocycles. The van der Waals surface area contributed by atoms with E-state index in [1.807, 2.05) is 31.2 Å². The van der Waals surface area contributed by atoms with E-state index in [9.17, 15) is 4.79 Å². The lowest BCUT2D eigenvalue weighted by atomic mass is 10.1. The van der Waals surface area contributed by atoms with E-state index in [0.29, 0.717) is 30.4 Å². The number of aromatic amines is 1. The summed E-state index contributed by atoms with van der Waals surface area (Å²) in [6.45, 7) is 9.88. The summed E-state index contributed by atoms with van der Waals surface area (Å²) in [6, 6.07) is 7.67. The van der Waals surface area contributed by atoms with E-state index >= 15 is 0 Å². The predicted octanol–water partition coefficient (Wildman–Crippen LogP) is 2.50. The van der Waals surface area contributed by atoms with E-state index in [0.717, 1.165) is 81.9 Å². The highest BCUT2D eigenvalue weighted by molar-refractivity contribution is 7.80. The molecule has 2 saturated heterocycles. The molecule has 2 aromatic rings. The molecule has 0 radical (unpaired) electrons. The Balaban J connectivity index is 1.42. The van der Waals surface area contributed by atoms with Gasteiger partial charge in [-0.3, -0.25) is 9.69 Å². The second-order valence-corrected chi connectivity index (χ2v) is 9.25. The molecule has 0 spiro atoms. The topological polar surface area (TPSA) is 79.1 Å². The molecule has 2 fully saturated rings. The molecule has 2 aliphatic rings. The Morgan fingerprint density at radius 2 is 2.15 bits per heavy atom. The SMILES string of the molecule is CCOc1ccc2[nH]c(=O)c(CN(C[C@@H]3CCCO3)C(=S)NCCCN3CCOCC3)cc2c1. The minimum Gasteiger partial charge on any atom is -0.494 e. The highest BCUT2D eigenvalue weighted by Crippen LogP contribution is 2.20. The second-order valence-electron chi connectivity index (χ2n) is 8.86. The van der Waals surface area contributed by atoms with Crippen LogP contribution in [0.3, 0.4) is 0 Å². The van der Waals surface area contributed by atoms with Crippen molar-refractivity contribution in [2.75, 3.05) is 59.2 Å². The predicted molar refractivity (Wildman–Crippen MR) is 138 cm³/mol. The number of thiocarbonyl (C=S) groups is 1. The molecule has 2 N–H and O–H groups in total. The summed E-state index contributed by atoms with van der Waals surface area (Å²) in [5.74, 6) is 0.793. The molecule has 0 aliphatic carbocycles. The van der Waals surface area contributed by atoms with Crippen LogP contribution in [-0.4, -0.2) is 85.2 Å². The summed E-state index contributed by atoms with van der Waals surface area (Å²) < 4.78 is 16.9. The van der Waals surface area contributed by atoms with Gasteiger partial charge < -0.3 is 29.4 Å². The normalized spacial score (nSPS) is 18.8. The highest BCUT2D eigenvalue weighted by atomic mass is 32.1. The lowest BCUT2D eigenvalue weighted by Crippen LogP contribution is -2.45. The molecule has 0 unspecified atom stereocenters. The van der Waals surface area contributed by atoms with Gasteiger partial charge in [-0.05, 0) is 69.2 Å². The van der Waals surface area contributed by atoms with Gasteiger partial charge in [-0.2, -0.15) is 0 Å². The zero-order chi connectivity index (χ0) is 23.8. The van der Waals surface area contributed by atoms with Crippen LogP contribution in [0.1, 0.15) is 31.7 Å². The number of nitrogens with zero attached hydrogens (tertiary/aromatic N) is 2. The molecule has 1 aromatic heterocycles.